The summed E-state index contributed by atoms with van der Waals surface area (Å²) >= 11 is 17.2. The summed E-state index contributed by atoms with van der Waals surface area (Å²) in [5, 5.41) is 3.62. The van der Waals surface area contributed by atoms with E-state index in [0.29, 0.717) is 43.3 Å². The minimum Gasteiger partial charge on any atom is -0.772 e. The Kier molecular flexibility index (Phi) is 6.87. The third kappa shape index (κ3) is 4.91. The molecule has 2 unspecified atom stereocenters. The minimum atomic E-state index is -2.20. The fraction of sp³-hybridized carbons (Fsp3) is 0.231. The van der Waals surface area contributed by atoms with Crippen LogP contribution in [0.3, 0.4) is 0 Å². The maximum Gasteiger partial charge on any atom is 0.228 e. The molecule has 1 aliphatic carbocycles. The topological polar surface area (TPSA) is 95.3 Å². The average molecular weight is 563 g/mol. The minimum absolute atomic E-state index is 0.113. The lowest BCUT2D eigenvalue weighted by atomic mass is 9.95. The Balaban J connectivity index is 1.33. The first-order valence-corrected chi connectivity index (χ1v) is 13.5. The van der Waals surface area contributed by atoms with Crippen molar-refractivity contribution in [3.63, 3.8) is 0 Å². The number of aromatic nitrogens is 1. The van der Waals surface area contributed by atoms with Gasteiger partial charge in [0, 0.05) is 37.6 Å². The number of oxazole rings is 1. The molecule has 0 saturated heterocycles. The fourth-order valence-corrected chi connectivity index (χ4v) is 5.70. The van der Waals surface area contributed by atoms with E-state index in [1.54, 1.807) is 55.5 Å². The molecule has 0 radical (unpaired) electrons. The Bertz CT molecular complexity index is 1480. The molecule has 6 nitrogen and oxygen atoms in total. The maximum atomic E-state index is 12.6. The van der Waals surface area contributed by atoms with Gasteiger partial charge in [0.25, 0.3) is 0 Å². The van der Waals surface area contributed by atoms with Crippen LogP contribution in [-0.2, 0) is 27.7 Å². The lowest BCUT2D eigenvalue weighted by molar-refractivity contribution is -0.115. The van der Waals surface area contributed by atoms with E-state index in [1.807, 2.05) is 6.07 Å². The zero-order chi connectivity index (χ0) is 25.6. The summed E-state index contributed by atoms with van der Waals surface area (Å²) < 4.78 is 28.3. The van der Waals surface area contributed by atoms with Crippen LogP contribution in [0.2, 0.25) is 15.1 Å². The van der Waals surface area contributed by atoms with Gasteiger partial charge >= 0.3 is 0 Å². The SMILES string of the molecule is CC(c1ccc(CC(=O)Nc2cc(Cl)c(C3(c4nc5ccc(Cl)cc5o4)CC3)c(Cl)c2)cc1)S(=O)[O-]. The Hall–Kier alpha value is -2.42. The monoisotopic (exact) mass is 561 g/mol. The third-order valence-corrected chi connectivity index (χ3v) is 8.10. The summed E-state index contributed by atoms with van der Waals surface area (Å²) in [6.07, 6.45) is 1.68. The van der Waals surface area contributed by atoms with Gasteiger partial charge in [0.05, 0.1) is 11.8 Å². The molecule has 1 amide bonds. The highest BCUT2D eigenvalue weighted by atomic mass is 35.5. The zero-order valence-electron chi connectivity index (χ0n) is 19.0. The number of rotatable bonds is 7. The Morgan fingerprint density at radius 3 is 2.39 bits per heavy atom. The van der Waals surface area contributed by atoms with Gasteiger partial charge in [-0.25, -0.2) is 4.98 Å². The maximum absolute atomic E-state index is 12.6. The van der Waals surface area contributed by atoms with Crippen molar-refractivity contribution in [1.82, 2.24) is 4.98 Å². The molecule has 1 N–H and O–H groups in total. The van der Waals surface area contributed by atoms with Crippen LogP contribution in [-0.4, -0.2) is 19.7 Å². The molecule has 2 atom stereocenters. The Labute approximate surface area is 225 Å². The number of nitrogens with zero attached hydrogens (tertiary/aromatic N) is 1. The van der Waals surface area contributed by atoms with Crippen LogP contribution in [0.1, 0.15) is 47.6 Å². The molecule has 5 rings (SSSR count). The first-order chi connectivity index (χ1) is 17.2. The zero-order valence-corrected chi connectivity index (χ0v) is 22.1. The van der Waals surface area contributed by atoms with Gasteiger partial charge in [-0.15, -0.1) is 0 Å². The van der Waals surface area contributed by atoms with Crippen LogP contribution in [0, 0.1) is 0 Å². The quantitative estimate of drug-likeness (QED) is 0.245. The highest BCUT2D eigenvalue weighted by Crippen LogP contribution is 2.57. The molecule has 1 aromatic heterocycles. The second kappa shape index (κ2) is 9.80. The van der Waals surface area contributed by atoms with E-state index in [0.717, 1.165) is 24.0 Å². The standard InChI is InChI=1S/C26H21Cl3N2O4S/c1-14(36(33)34)16-4-2-15(3-5-16)10-23(32)30-18-12-19(28)24(20(29)13-18)26(8-9-26)25-31-21-7-6-17(27)11-22(21)35-25/h2-7,11-14H,8-10H2,1H3,(H,30,32)(H,33,34)/p-1. The highest BCUT2D eigenvalue weighted by molar-refractivity contribution is 7.79. The van der Waals surface area contributed by atoms with Crippen LogP contribution < -0.4 is 5.32 Å². The van der Waals surface area contributed by atoms with Crippen molar-refractivity contribution in [3.8, 4) is 0 Å². The summed E-state index contributed by atoms with van der Waals surface area (Å²) in [7, 11) is 0. The van der Waals surface area contributed by atoms with Crippen molar-refractivity contribution < 1.29 is 18.0 Å². The van der Waals surface area contributed by atoms with E-state index in [4.69, 9.17) is 39.2 Å². The molecular weight excluding hydrogens is 543 g/mol. The number of nitrogens with one attached hydrogen (secondary N) is 1. The second-order valence-corrected chi connectivity index (χ2v) is 11.4. The van der Waals surface area contributed by atoms with Gasteiger partial charge in [-0.2, -0.15) is 0 Å². The number of anilines is 1. The molecule has 1 heterocycles. The highest BCUT2D eigenvalue weighted by Gasteiger charge is 2.52. The van der Waals surface area contributed by atoms with Gasteiger partial charge in [0.15, 0.2) is 5.58 Å². The van der Waals surface area contributed by atoms with Crippen molar-refractivity contribution in [3.05, 3.63) is 92.2 Å². The number of benzene rings is 3. The van der Waals surface area contributed by atoms with Crippen LogP contribution in [0.4, 0.5) is 5.69 Å². The number of halogens is 3. The third-order valence-electron chi connectivity index (χ3n) is 6.42. The van der Waals surface area contributed by atoms with Crippen LogP contribution in [0.25, 0.3) is 11.1 Å². The first kappa shape index (κ1) is 25.2. The van der Waals surface area contributed by atoms with E-state index in [2.05, 4.69) is 10.3 Å². The summed E-state index contributed by atoms with van der Waals surface area (Å²) in [5.74, 6) is 0.291. The van der Waals surface area contributed by atoms with Gasteiger partial charge < -0.3 is 14.3 Å². The lowest BCUT2D eigenvalue weighted by Gasteiger charge is -2.17. The largest absolute Gasteiger partial charge is 0.772 e. The molecule has 3 aromatic carbocycles. The molecule has 0 bridgehead atoms. The number of hydrogen-bond acceptors (Lipinski definition) is 5. The Morgan fingerprint density at radius 2 is 1.78 bits per heavy atom. The van der Waals surface area contributed by atoms with Crippen molar-refractivity contribution >= 4 is 68.6 Å². The number of amides is 1. The van der Waals surface area contributed by atoms with Crippen LogP contribution in [0.15, 0.2) is 59.0 Å². The van der Waals surface area contributed by atoms with E-state index >= 15 is 0 Å². The van der Waals surface area contributed by atoms with Gasteiger partial charge in [-0.05, 0) is 66.2 Å². The lowest BCUT2D eigenvalue weighted by Crippen LogP contribution is -2.16. The Morgan fingerprint density at radius 1 is 1.11 bits per heavy atom. The molecule has 186 valence electrons. The van der Waals surface area contributed by atoms with Crippen molar-refractivity contribution in [2.24, 2.45) is 0 Å². The predicted octanol–water partition coefficient (Wildman–Crippen LogP) is 6.99. The summed E-state index contributed by atoms with van der Waals surface area (Å²) in [5.41, 5.74) is 3.41. The van der Waals surface area contributed by atoms with Crippen molar-refractivity contribution in [2.45, 2.75) is 36.9 Å². The summed E-state index contributed by atoms with van der Waals surface area (Å²) in [6, 6.07) is 15.5. The predicted molar refractivity (Wildman–Crippen MR) is 142 cm³/mol. The van der Waals surface area contributed by atoms with Crippen molar-refractivity contribution in [2.75, 3.05) is 5.32 Å². The molecular formula is C26H20Cl3N2O4S-. The molecule has 1 fully saturated rings. The van der Waals surface area contributed by atoms with E-state index in [-0.39, 0.29) is 12.3 Å². The molecule has 36 heavy (non-hydrogen) atoms. The second-order valence-electron chi connectivity index (χ2n) is 8.90. The van der Waals surface area contributed by atoms with E-state index < -0.39 is 21.7 Å². The number of carbonyl (C=O) groups is 1. The van der Waals surface area contributed by atoms with Crippen LogP contribution in [0.5, 0.6) is 0 Å². The van der Waals surface area contributed by atoms with Gasteiger partial charge in [-0.1, -0.05) is 59.1 Å². The summed E-state index contributed by atoms with van der Waals surface area (Å²) in [6.45, 7) is 1.60. The average Bonchev–Trinajstić information content (AvgIpc) is 3.49. The normalized spacial score (nSPS) is 16.0. The number of hydrogen-bond donors (Lipinski definition) is 1. The number of carbonyl (C=O) groups excluding carboxylic acids is 1. The van der Waals surface area contributed by atoms with Gasteiger partial charge in [0.2, 0.25) is 11.8 Å². The smallest absolute Gasteiger partial charge is 0.228 e. The molecule has 1 aliphatic rings. The summed E-state index contributed by atoms with van der Waals surface area (Å²) in [4.78, 5) is 17.3. The van der Waals surface area contributed by atoms with Crippen molar-refractivity contribution in [1.29, 1.82) is 0 Å². The molecule has 0 spiro atoms. The van der Waals surface area contributed by atoms with E-state index in [9.17, 15) is 13.6 Å². The molecule has 0 aliphatic heterocycles. The van der Waals surface area contributed by atoms with Gasteiger partial charge in [-0.3, -0.25) is 9.00 Å². The van der Waals surface area contributed by atoms with Gasteiger partial charge in [0.1, 0.15) is 5.52 Å². The van der Waals surface area contributed by atoms with E-state index in [1.165, 1.54) is 0 Å². The molecule has 10 heteroatoms. The number of fused-ring (bicyclic) bond motifs is 1. The van der Waals surface area contributed by atoms with Crippen LogP contribution >= 0.6 is 34.8 Å². The molecule has 1 saturated carbocycles. The fourth-order valence-electron chi connectivity index (χ4n) is 4.31. The first-order valence-electron chi connectivity index (χ1n) is 11.2. The molecule has 4 aromatic rings.